The molecule has 1 amide bonds. The smallest absolute Gasteiger partial charge is 0.230 e. The number of hydrogen-bond acceptors (Lipinski definition) is 6. The van der Waals surface area contributed by atoms with Crippen molar-refractivity contribution in [2.45, 2.75) is 17.7 Å². The number of anilines is 1. The normalized spacial score (nSPS) is 10.5. The number of Topliss-reactive ketones (excluding diaryl/α,β-unsaturated/α-hetero) is 1. The lowest BCUT2D eigenvalue weighted by molar-refractivity contribution is -0.115. The Kier molecular flexibility index (Phi) is 6.84. The lowest BCUT2D eigenvalue weighted by Gasteiger charge is -2.10. The molecule has 3 rings (SSSR count). The van der Waals surface area contributed by atoms with E-state index < -0.39 is 0 Å². The number of nitrogens with one attached hydrogen (secondary N) is 1. The van der Waals surface area contributed by atoms with Gasteiger partial charge in [0.25, 0.3) is 0 Å². The highest BCUT2D eigenvalue weighted by Crippen LogP contribution is 2.26. The van der Waals surface area contributed by atoms with Crippen LogP contribution in [0.1, 0.15) is 21.6 Å². The highest BCUT2D eigenvalue weighted by molar-refractivity contribution is 8.01. The molecule has 0 unspecified atom stereocenters. The van der Waals surface area contributed by atoms with Gasteiger partial charge in [0.1, 0.15) is 5.75 Å². The van der Waals surface area contributed by atoms with E-state index in [0.29, 0.717) is 28.4 Å². The van der Waals surface area contributed by atoms with Crippen LogP contribution in [0.2, 0.25) is 0 Å². The molecule has 0 fully saturated rings. The predicted octanol–water partition coefficient (Wildman–Crippen LogP) is 4.62. The van der Waals surface area contributed by atoms with Crippen molar-refractivity contribution >= 4 is 40.5 Å². The second kappa shape index (κ2) is 9.52. The van der Waals surface area contributed by atoms with E-state index in [0.717, 1.165) is 9.90 Å². The van der Waals surface area contributed by atoms with E-state index in [1.807, 2.05) is 48.7 Å². The molecular weight excluding hydrogens is 392 g/mol. The average Bonchev–Trinajstić information content (AvgIpc) is 3.14. The van der Waals surface area contributed by atoms with Gasteiger partial charge in [-0.05, 0) is 24.6 Å². The molecule has 7 heteroatoms. The van der Waals surface area contributed by atoms with Crippen molar-refractivity contribution in [2.24, 2.45) is 0 Å². The van der Waals surface area contributed by atoms with E-state index in [9.17, 15) is 9.59 Å². The van der Waals surface area contributed by atoms with E-state index in [1.165, 1.54) is 23.1 Å². The lowest BCUT2D eigenvalue weighted by Crippen LogP contribution is -2.15. The van der Waals surface area contributed by atoms with Crippen LogP contribution in [0.3, 0.4) is 0 Å². The highest BCUT2D eigenvalue weighted by Gasteiger charge is 2.13. The fraction of sp³-hybridized carbons (Fsp3) is 0.190. The summed E-state index contributed by atoms with van der Waals surface area (Å²) < 4.78 is 6.06. The number of hydrogen-bond donors (Lipinski definition) is 1. The maximum atomic E-state index is 12.4. The molecule has 1 aromatic heterocycles. The van der Waals surface area contributed by atoms with Crippen molar-refractivity contribution < 1.29 is 14.3 Å². The Balaban J connectivity index is 1.55. The van der Waals surface area contributed by atoms with Gasteiger partial charge in [-0.1, -0.05) is 48.2 Å². The number of ether oxygens (including phenoxy) is 1. The summed E-state index contributed by atoms with van der Waals surface area (Å²) in [7, 11) is 1.57. The molecule has 0 aliphatic carbocycles. The van der Waals surface area contributed by atoms with Crippen LogP contribution in [0.15, 0.2) is 58.3 Å². The van der Waals surface area contributed by atoms with Crippen molar-refractivity contribution in [1.29, 1.82) is 0 Å². The van der Waals surface area contributed by atoms with Gasteiger partial charge in [-0.25, -0.2) is 4.98 Å². The molecule has 5 nitrogen and oxygen atoms in total. The van der Waals surface area contributed by atoms with Gasteiger partial charge in [-0.3, -0.25) is 9.59 Å². The van der Waals surface area contributed by atoms with Crippen LogP contribution in [0.5, 0.6) is 5.75 Å². The number of nitrogens with zero attached hydrogens (tertiary/aromatic N) is 1. The summed E-state index contributed by atoms with van der Waals surface area (Å²) in [5, 5.41) is 4.72. The number of aryl methyl sites for hydroxylation is 1. The number of benzene rings is 2. The molecule has 0 aliphatic heterocycles. The fourth-order valence-corrected chi connectivity index (χ4v) is 4.29. The molecule has 0 spiro atoms. The SMILES string of the molecule is COc1ccc(C)cc1NC(=O)Cc1csc(SCC(=O)c2ccccc2)n1. The average molecular weight is 413 g/mol. The number of ketones is 1. The number of aromatic nitrogens is 1. The van der Waals surface area contributed by atoms with Crippen LogP contribution in [0.4, 0.5) is 5.69 Å². The molecule has 1 heterocycles. The summed E-state index contributed by atoms with van der Waals surface area (Å²) in [4.78, 5) is 29.0. The lowest BCUT2D eigenvalue weighted by atomic mass is 10.2. The first-order valence-corrected chi connectivity index (χ1v) is 10.5. The van der Waals surface area contributed by atoms with Gasteiger partial charge in [-0.2, -0.15) is 0 Å². The summed E-state index contributed by atoms with van der Waals surface area (Å²) in [6.45, 7) is 1.95. The Morgan fingerprint density at radius 1 is 1.18 bits per heavy atom. The molecule has 0 aliphatic rings. The number of thiazole rings is 1. The van der Waals surface area contributed by atoms with Gasteiger partial charge in [0.05, 0.1) is 30.7 Å². The summed E-state index contributed by atoms with van der Waals surface area (Å²) in [5.74, 6) is 0.842. The van der Waals surface area contributed by atoms with Crippen molar-refractivity contribution in [3.63, 3.8) is 0 Å². The first-order valence-electron chi connectivity index (χ1n) is 8.65. The number of thioether (sulfide) groups is 1. The highest BCUT2D eigenvalue weighted by atomic mass is 32.2. The molecule has 0 saturated carbocycles. The third-order valence-corrected chi connectivity index (χ3v) is 5.99. The van der Waals surface area contributed by atoms with Gasteiger partial charge >= 0.3 is 0 Å². The van der Waals surface area contributed by atoms with E-state index in [1.54, 1.807) is 19.2 Å². The molecule has 0 atom stereocenters. The minimum atomic E-state index is -0.161. The summed E-state index contributed by atoms with van der Waals surface area (Å²) in [6, 6.07) is 14.8. The summed E-state index contributed by atoms with van der Waals surface area (Å²) >= 11 is 2.83. The zero-order chi connectivity index (χ0) is 19.9. The predicted molar refractivity (Wildman–Crippen MR) is 114 cm³/mol. The Bertz CT molecular complexity index is 971. The second-order valence-electron chi connectivity index (χ2n) is 6.11. The number of methoxy groups -OCH3 is 1. The van der Waals surface area contributed by atoms with Gasteiger partial charge in [0.15, 0.2) is 10.1 Å². The van der Waals surface area contributed by atoms with Crippen molar-refractivity contribution in [3.8, 4) is 5.75 Å². The Morgan fingerprint density at radius 3 is 2.71 bits per heavy atom. The zero-order valence-electron chi connectivity index (χ0n) is 15.6. The van der Waals surface area contributed by atoms with Crippen LogP contribution in [0, 0.1) is 6.92 Å². The number of carbonyl (C=O) groups is 2. The molecular formula is C21H20N2O3S2. The maximum absolute atomic E-state index is 12.4. The maximum Gasteiger partial charge on any atom is 0.230 e. The number of carbonyl (C=O) groups excluding carboxylic acids is 2. The topological polar surface area (TPSA) is 68.3 Å². The summed E-state index contributed by atoms with van der Waals surface area (Å²) in [6.07, 6.45) is 0.167. The summed E-state index contributed by atoms with van der Waals surface area (Å²) in [5.41, 5.74) is 3.05. The van der Waals surface area contributed by atoms with Gasteiger partial charge < -0.3 is 10.1 Å². The van der Waals surface area contributed by atoms with E-state index in [2.05, 4.69) is 10.3 Å². The Morgan fingerprint density at radius 2 is 1.96 bits per heavy atom. The Labute approximate surface area is 172 Å². The third kappa shape index (κ3) is 5.43. The second-order valence-corrected chi connectivity index (χ2v) is 8.19. The third-order valence-electron chi connectivity index (χ3n) is 3.92. The van der Waals surface area contributed by atoms with Gasteiger partial charge in [0, 0.05) is 10.9 Å². The molecule has 28 heavy (non-hydrogen) atoms. The molecule has 0 bridgehead atoms. The molecule has 2 aromatic carbocycles. The first-order chi connectivity index (χ1) is 13.5. The van der Waals surface area contributed by atoms with Gasteiger partial charge in [0.2, 0.25) is 5.91 Å². The van der Waals surface area contributed by atoms with E-state index in [-0.39, 0.29) is 18.1 Å². The van der Waals surface area contributed by atoms with Crippen LogP contribution in [-0.2, 0) is 11.2 Å². The zero-order valence-corrected chi connectivity index (χ0v) is 17.2. The molecule has 3 aromatic rings. The monoisotopic (exact) mass is 412 g/mol. The standard InChI is InChI=1S/C21H20N2O3S2/c1-14-8-9-19(26-2)17(10-14)23-20(25)11-16-12-27-21(22-16)28-13-18(24)15-6-4-3-5-7-15/h3-10,12H,11,13H2,1-2H3,(H,23,25). The quantitative estimate of drug-likeness (QED) is 0.432. The van der Waals surface area contributed by atoms with Crippen LogP contribution in [-0.4, -0.2) is 29.5 Å². The van der Waals surface area contributed by atoms with Crippen LogP contribution < -0.4 is 10.1 Å². The van der Waals surface area contributed by atoms with Crippen LogP contribution in [0.25, 0.3) is 0 Å². The van der Waals surface area contributed by atoms with Crippen molar-refractivity contribution in [2.75, 3.05) is 18.2 Å². The minimum Gasteiger partial charge on any atom is -0.495 e. The number of amides is 1. The number of rotatable bonds is 8. The molecule has 1 N–H and O–H groups in total. The van der Waals surface area contributed by atoms with E-state index >= 15 is 0 Å². The largest absolute Gasteiger partial charge is 0.495 e. The van der Waals surface area contributed by atoms with Crippen molar-refractivity contribution in [3.05, 3.63) is 70.7 Å². The van der Waals surface area contributed by atoms with E-state index in [4.69, 9.17) is 4.74 Å². The first kappa shape index (κ1) is 20.1. The Hall–Kier alpha value is -2.64. The molecule has 0 saturated heterocycles. The van der Waals surface area contributed by atoms with Crippen LogP contribution >= 0.6 is 23.1 Å². The van der Waals surface area contributed by atoms with Gasteiger partial charge in [-0.15, -0.1) is 11.3 Å². The minimum absolute atomic E-state index is 0.0617. The molecule has 144 valence electrons. The van der Waals surface area contributed by atoms with Crippen molar-refractivity contribution in [1.82, 2.24) is 4.98 Å². The molecule has 0 radical (unpaired) electrons. The fourth-order valence-electron chi connectivity index (χ4n) is 2.55.